The first kappa shape index (κ1) is 19.2. The van der Waals surface area contributed by atoms with E-state index < -0.39 is 29.9 Å². The number of halogens is 5. The van der Waals surface area contributed by atoms with Gasteiger partial charge in [-0.05, 0) is 35.9 Å². The molecule has 1 amide bonds. The summed E-state index contributed by atoms with van der Waals surface area (Å²) in [4.78, 5) is 11.9. The summed E-state index contributed by atoms with van der Waals surface area (Å²) in [5, 5.41) is 12.3. The number of carbonyl (C=O) groups excluding carboxylic acids is 1. The average Bonchev–Trinajstić information content (AvgIpc) is 2.53. The number of hydrogen-bond acceptors (Lipinski definition) is 3. The lowest BCUT2D eigenvalue weighted by molar-refractivity contribution is -0.274. The number of nitrogens with one attached hydrogen (secondary N) is 1. The average molecular weight is 422 g/mol. The molecule has 4 nitrogen and oxygen atoms in total. The second kappa shape index (κ2) is 7.83. The molecule has 0 aromatic heterocycles. The molecule has 9 heteroatoms. The first-order valence-corrected chi connectivity index (χ1v) is 7.72. The molecule has 0 saturated heterocycles. The number of aliphatic hydroxyl groups is 1. The number of aliphatic hydroxyl groups excluding tert-OH is 1. The van der Waals surface area contributed by atoms with Crippen LogP contribution in [0.5, 0.6) is 5.75 Å². The van der Waals surface area contributed by atoms with Gasteiger partial charge >= 0.3 is 6.36 Å². The number of benzene rings is 2. The molecule has 0 spiro atoms. The van der Waals surface area contributed by atoms with Crippen LogP contribution < -0.4 is 10.1 Å². The van der Waals surface area contributed by atoms with Crippen molar-refractivity contribution in [2.24, 2.45) is 0 Å². The van der Waals surface area contributed by atoms with Gasteiger partial charge in [0.15, 0.2) is 0 Å². The van der Waals surface area contributed by atoms with Crippen LogP contribution in [-0.2, 0) is 0 Å². The van der Waals surface area contributed by atoms with E-state index in [9.17, 15) is 27.5 Å². The lowest BCUT2D eigenvalue weighted by atomic mass is 10.1. The summed E-state index contributed by atoms with van der Waals surface area (Å²) in [6.07, 6.45) is -5.98. The van der Waals surface area contributed by atoms with Crippen LogP contribution in [0.1, 0.15) is 22.0 Å². The summed E-state index contributed by atoms with van der Waals surface area (Å²) in [6, 6.07) is 8.40. The van der Waals surface area contributed by atoms with E-state index >= 15 is 0 Å². The first-order chi connectivity index (χ1) is 11.7. The zero-order valence-corrected chi connectivity index (χ0v) is 14.1. The fraction of sp³-hybridized carbons (Fsp3) is 0.188. The zero-order valence-electron chi connectivity index (χ0n) is 12.5. The minimum Gasteiger partial charge on any atom is -0.406 e. The van der Waals surface area contributed by atoms with Crippen LogP contribution in [0.15, 0.2) is 46.9 Å². The second-order valence-corrected chi connectivity index (χ2v) is 5.88. The van der Waals surface area contributed by atoms with Crippen LogP contribution in [0.4, 0.5) is 17.6 Å². The Hall–Kier alpha value is -2.13. The normalized spacial score (nSPS) is 12.6. The fourth-order valence-corrected chi connectivity index (χ4v) is 2.33. The Balaban J connectivity index is 1.96. The molecule has 2 aromatic rings. The summed E-state index contributed by atoms with van der Waals surface area (Å²) in [5.41, 5.74) is 0.0695. The summed E-state index contributed by atoms with van der Waals surface area (Å²) < 4.78 is 54.1. The van der Waals surface area contributed by atoms with Crippen molar-refractivity contribution < 1.29 is 32.2 Å². The van der Waals surface area contributed by atoms with Gasteiger partial charge in [-0.25, -0.2) is 4.39 Å². The Morgan fingerprint density at radius 3 is 2.44 bits per heavy atom. The van der Waals surface area contributed by atoms with E-state index in [4.69, 9.17) is 0 Å². The van der Waals surface area contributed by atoms with E-state index in [0.717, 1.165) is 18.2 Å². The molecule has 1 unspecified atom stereocenters. The molecular formula is C16H12BrF4NO3. The molecular weight excluding hydrogens is 410 g/mol. The minimum atomic E-state index is -4.80. The van der Waals surface area contributed by atoms with Gasteiger partial charge in [0.2, 0.25) is 0 Å². The van der Waals surface area contributed by atoms with Crippen molar-refractivity contribution >= 4 is 21.8 Å². The van der Waals surface area contributed by atoms with E-state index in [2.05, 4.69) is 26.0 Å². The third kappa shape index (κ3) is 5.71. The molecule has 0 fully saturated rings. The van der Waals surface area contributed by atoms with Crippen molar-refractivity contribution in [2.45, 2.75) is 12.5 Å². The second-order valence-electron chi connectivity index (χ2n) is 4.97. The molecule has 0 saturated carbocycles. The van der Waals surface area contributed by atoms with E-state index in [0.29, 0.717) is 4.47 Å². The van der Waals surface area contributed by atoms with E-state index in [-0.39, 0.29) is 17.7 Å². The van der Waals surface area contributed by atoms with Crippen molar-refractivity contribution in [2.75, 3.05) is 6.54 Å². The van der Waals surface area contributed by atoms with Crippen LogP contribution >= 0.6 is 15.9 Å². The Kier molecular flexibility index (Phi) is 6.02. The summed E-state index contributed by atoms with van der Waals surface area (Å²) in [5.74, 6) is -1.87. The van der Waals surface area contributed by atoms with E-state index in [1.165, 1.54) is 24.3 Å². The smallest absolute Gasteiger partial charge is 0.406 e. The molecule has 0 aliphatic carbocycles. The number of rotatable bonds is 5. The third-order valence-electron chi connectivity index (χ3n) is 3.13. The van der Waals surface area contributed by atoms with Crippen molar-refractivity contribution in [1.82, 2.24) is 5.32 Å². The molecule has 134 valence electrons. The van der Waals surface area contributed by atoms with E-state index in [1.54, 1.807) is 0 Å². The highest BCUT2D eigenvalue weighted by atomic mass is 79.9. The predicted molar refractivity (Wildman–Crippen MR) is 84.5 cm³/mol. The topological polar surface area (TPSA) is 58.6 Å². The number of carbonyl (C=O) groups is 1. The zero-order chi connectivity index (χ0) is 18.6. The van der Waals surface area contributed by atoms with Crippen LogP contribution in [0.25, 0.3) is 0 Å². The van der Waals surface area contributed by atoms with Crippen LogP contribution in [-0.4, -0.2) is 23.9 Å². The van der Waals surface area contributed by atoms with Gasteiger partial charge in [-0.3, -0.25) is 4.79 Å². The highest BCUT2D eigenvalue weighted by Gasteiger charge is 2.31. The monoisotopic (exact) mass is 421 g/mol. The molecule has 0 radical (unpaired) electrons. The molecule has 0 aliphatic rings. The molecule has 0 bridgehead atoms. The van der Waals surface area contributed by atoms with Gasteiger partial charge in [0.05, 0.1) is 11.7 Å². The van der Waals surface area contributed by atoms with Gasteiger partial charge in [0.25, 0.3) is 5.91 Å². The van der Waals surface area contributed by atoms with Gasteiger partial charge in [-0.1, -0.05) is 28.1 Å². The molecule has 2 N–H and O–H groups in total. The Morgan fingerprint density at radius 2 is 1.84 bits per heavy atom. The molecule has 2 aromatic carbocycles. The van der Waals surface area contributed by atoms with Gasteiger partial charge in [0.1, 0.15) is 11.6 Å². The molecule has 0 aliphatic heterocycles. The highest BCUT2D eigenvalue weighted by Crippen LogP contribution is 2.24. The summed E-state index contributed by atoms with van der Waals surface area (Å²) in [7, 11) is 0. The number of alkyl halides is 3. The van der Waals surface area contributed by atoms with Crippen molar-refractivity contribution in [3.8, 4) is 5.75 Å². The van der Waals surface area contributed by atoms with Crippen molar-refractivity contribution in [3.05, 3.63) is 63.9 Å². The van der Waals surface area contributed by atoms with Crippen LogP contribution in [0.3, 0.4) is 0 Å². The Labute approximate surface area is 148 Å². The molecule has 1 atom stereocenters. The summed E-state index contributed by atoms with van der Waals surface area (Å²) >= 11 is 3.12. The maximum atomic E-state index is 13.6. The maximum Gasteiger partial charge on any atom is 0.573 e. The molecule has 25 heavy (non-hydrogen) atoms. The number of ether oxygens (including phenoxy) is 1. The third-order valence-corrected chi connectivity index (χ3v) is 3.62. The number of hydrogen-bond donors (Lipinski definition) is 2. The van der Waals surface area contributed by atoms with Gasteiger partial charge in [-0.15, -0.1) is 13.2 Å². The highest BCUT2D eigenvalue weighted by molar-refractivity contribution is 9.10. The SMILES string of the molecule is O=C(NCC(O)c1ccc(OC(F)(F)F)cc1)c1cc(Br)ccc1F. The van der Waals surface area contributed by atoms with Crippen LogP contribution in [0.2, 0.25) is 0 Å². The summed E-state index contributed by atoms with van der Waals surface area (Å²) in [6.45, 7) is -0.246. The van der Waals surface area contributed by atoms with Gasteiger partial charge in [-0.2, -0.15) is 0 Å². The Morgan fingerprint density at radius 1 is 1.20 bits per heavy atom. The lowest BCUT2D eigenvalue weighted by Gasteiger charge is -2.14. The fourth-order valence-electron chi connectivity index (χ4n) is 1.97. The van der Waals surface area contributed by atoms with Crippen LogP contribution in [0, 0.1) is 5.82 Å². The molecule has 0 heterocycles. The first-order valence-electron chi connectivity index (χ1n) is 6.93. The molecule has 2 rings (SSSR count). The number of amides is 1. The maximum absolute atomic E-state index is 13.6. The lowest BCUT2D eigenvalue weighted by Crippen LogP contribution is -2.29. The van der Waals surface area contributed by atoms with Crippen molar-refractivity contribution in [3.63, 3.8) is 0 Å². The van der Waals surface area contributed by atoms with Gasteiger partial charge in [0, 0.05) is 11.0 Å². The Bertz CT molecular complexity index is 750. The standard InChI is InChI=1S/C16H12BrF4NO3/c17-10-3-6-13(18)12(7-10)15(24)22-8-14(23)9-1-4-11(5-2-9)25-16(19,20)21/h1-7,14,23H,8H2,(H,22,24). The predicted octanol–water partition coefficient (Wildman–Crippen LogP) is 3.95. The minimum absolute atomic E-state index is 0.199. The largest absolute Gasteiger partial charge is 0.573 e. The quantitative estimate of drug-likeness (QED) is 0.718. The van der Waals surface area contributed by atoms with E-state index in [1.807, 2.05) is 0 Å². The van der Waals surface area contributed by atoms with Gasteiger partial charge < -0.3 is 15.2 Å². The van der Waals surface area contributed by atoms with Crippen molar-refractivity contribution in [1.29, 1.82) is 0 Å².